The second kappa shape index (κ2) is 3.33. The average molecular weight is 211 g/mol. The van der Waals surface area contributed by atoms with E-state index in [1.165, 1.54) is 34.7 Å². The highest BCUT2D eigenvalue weighted by Gasteiger charge is 2.43. The fourth-order valence-corrected chi connectivity index (χ4v) is 2.58. The molecule has 2 N–H and O–H groups in total. The lowest BCUT2D eigenvalue weighted by molar-refractivity contribution is 0.711. The third kappa shape index (κ3) is 1.35. The highest BCUT2D eigenvalue weighted by atomic mass is 14.7. The zero-order valence-electron chi connectivity index (χ0n) is 9.66. The Kier molecular flexibility index (Phi) is 2.05. The molecule has 2 aromatic carbocycles. The molecule has 0 aliphatic heterocycles. The molecule has 1 heteroatoms. The minimum Gasteiger partial charge on any atom is -0.330 e. The van der Waals surface area contributed by atoms with Crippen LogP contribution in [0.5, 0.6) is 0 Å². The smallest absolute Gasteiger partial charge is 0.00823 e. The predicted octanol–water partition coefficient (Wildman–Crippen LogP) is 3.14. The predicted molar refractivity (Wildman–Crippen MR) is 68.7 cm³/mol. The van der Waals surface area contributed by atoms with E-state index >= 15 is 0 Å². The van der Waals surface area contributed by atoms with Gasteiger partial charge in [0.25, 0.3) is 0 Å². The highest BCUT2D eigenvalue weighted by Crippen LogP contribution is 2.49. The SMILES string of the molecule is Cc1ccc2cccc(C3(CN)CC3)c2c1. The molecule has 0 saturated heterocycles. The molecule has 0 spiro atoms. The summed E-state index contributed by atoms with van der Waals surface area (Å²) in [4.78, 5) is 0. The minimum absolute atomic E-state index is 0.285. The Bertz CT molecular complexity index is 538. The lowest BCUT2D eigenvalue weighted by atomic mass is 9.90. The first-order chi connectivity index (χ1) is 7.75. The zero-order chi connectivity index (χ0) is 11.2. The van der Waals surface area contributed by atoms with Crippen molar-refractivity contribution in [2.45, 2.75) is 25.2 Å². The maximum absolute atomic E-state index is 5.93. The molecular weight excluding hydrogens is 194 g/mol. The summed E-state index contributed by atoms with van der Waals surface area (Å²) >= 11 is 0. The molecule has 0 aromatic heterocycles. The third-order valence-corrected chi connectivity index (χ3v) is 3.85. The van der Waals surface area contributed by atoms with Crippen LogP contribution in [0, 0.1) is 6.92 Å². The first kappa shape index (κ1) is 9.86. The van der Waals surface area contributed by atoms with E-state index in [0.717, 1.165) is 6.54 Å². The van der Waals surface area contributed by atoms with Gasteiger partial charge in [-0.1, -0.05) is 42.0 Å². The number of nitrogens with two attached hydrogens (primary N) is 1. The van der Waals surface area contributed by atoms with Crippen LogP contribution in [-0.4, -0.2) is 6.54 Å². The lowest BCUT2D eigenvalue weighted by Crippen LogP contribution is -2.19. The maximum atomic E-state index is 5.93. The van der Waals surface area contributed by atoms with Crippen molar-refractivity contribution in [2.24, 2.45) is 5.73 Å². The van der Waals surface area contributed by atoms with E-state index in [1.54, 1.807) is 0 Å². The number of benzene rings is 2. The van der Waals surface area contributed by atoms with Crippen molar-refractivity contribution in [3.8, 4) is 0 Å². The second-order valence-corrected chi connectivity index (χ2v) is 5.01. The number of rotatable bonds is 2. The average Bonchev–Trinajstić information content (AvgIpc) is 3.09. The largest absolute Gasteiger partial charge is 0.330 e. The molecule has 1 fully saturated rings. The van der Waals surface area contributed by atoms with Gasteiger partial charge in [0.15, 0.2) is 0 Å². The standard InChI is InChI=1S/C15H17N/c1-11-5-6-12-3-2-4-14(13(12)9-11)15(10-16)7-8-15/h2-6,9H,7-8,10,16H2,1H3. The van der Waals surface area contributed by atoms with Crippen LogP contribution in [0.2, 0.25) is 0 Å². The van der Waals surface area contributed by atoms with Crippen LogP contribution in [0.1, 0.15) is 24.0 Å². The topological polar surface area (TPSA) is 26.0 Å². The first-order valence-electron chi connectivity index (χ1n) is 5.95. The summed E-state index contributed by atoms with van der Waals surface area (Å²) in [5.41, 5.74) is 9.00. The number of hydrogen-bond acceptors (Lipinski definition) is 1. The third-order valence-electron chi connectivity index (χ3n) is 3.85. The molecule has 16 heavy (non-hydrogen) atoms. The molecule has 0 amide bonds. The molecule has 1 aliphatic carbocycles. The van der Waals surface area contributed by atoms with Gasteiger partial charge in [-0.3, -0.25) is 0 Å². The fourth-order valence-electron chi connectivity index (χ4n) is 2.58. The van der Waals surface area contributed by atoms with Crippen LogP contribution in [0.25, 0.3) is 10.8 Å². The van der Waals surface area contributed by atoms with Crippen molar-refractivity contribution in [1.29, 1.82) is 0 Å². The summed E-state index contributed by atoms with van der Waals surface area (Å²) in [5.74, 6) is 0. The summed E-state index contributed by atoms with van der Waals surface area (Å²) in [7, 11) is 0. The van der Waals surface area contributed by atoms with Gasteiger partial charge in [0.1, 0.15) is 0 Å². The van der Waals surface area contributed by atoms with Crippen LogP contribution in [0.4, 0.5) is 0 Å². The number of hydrogen-bond donors (Lipinski definition) is 1. The van der Waals surface area contributed by atoms with Crippen LogP contribution in [0.3, 0.4) is 0 Å². The van der Waals surface area contributed by atoms with Crippen LogP contribution < -0.4 is 5.73 Å². The Morgan fingerprint density at radius 2 is 2.00 bits per heavy atom. The van der Waals surface area contributed by atoms with E-state index < -0.39 is 0 Å². The van der Waals surface area contributed by atoms with Gasteiger partial charge in [-0.05, 0) is 36.1 Å². The van der Waals surface area contributed by atoms with Crippen molar-refractivity contribution < 1.29 is 0 Å². The van der Waals surface area contributed by atoms with Crippen molar-refractivity contribution in [3.63, 3.8) is 0 Å². The zero-order valence-corrected chi connectivity index (χ0v) is 9.66. The van der Waals surface area contributed by atoms with E-state index in [1.807, 2.05) is 0 Å². The molecule has 2 aromatic rings. The second-order valence-electron chi connectivity index (χ2n) is 5.01. The summed E-state index contributed by atoms with van der Waals surface area (Å²) < 4.78 is 0. The number of aryl methyl sites for hydroxylation is 1. The molecule has 0 atom stereocenters. The molecule has 1 nitrogen and oxygen atoms in total. The van der Waals surface area contributed by atoms with Crippen LogP contribution in [-0.2, 0) is 5.41 Å². The van der Waals surface area contributed by atoms with Crippen LogP contribution in [0.15, 0.2) is 36.4 Å². The first-order valence-corrected chi connectivity index (χ1v) is 5.95. The minimum atomic E-state index is 0.285. The van der Waals surface area contributed by atoms with E-state index in [-0.39, 0.29) is 5.41 Å². The Balaban J connectivity index is 2.28. The quantitative estimate of drug-likeness (QED) is 0.811. The molecule has 3 rings (SSSR count). The molecule has 0 radical (unpaired) electrons. The molecule has 1 aliphatic rings. The summed E-state index contributed by atoms with van der Waals surface area (Å²) in [6.45, 7) is 2.93. The molecule has 0 bridgehead atoms. The van der Waals surface area contributed by atoms with Gasteiger partial charge < -0.3 is 5.73 Å². The van der Waals surface area contributed by atoms with Crippen molar-refractivity contribution in [2.75, 3.05) is 6.54 Å². The van der Waals surface area contributed by atoms with Crippen molar-refractivity contribution in [1.82, 2.24) is 0 Å². The van der Waals surface area contributed by atoms with E-state index in [2.05, 4.69) is 43.3 Å². The van der Waals surface area contributed by atoms with Gasteiger partial charge >= 0.3 is 0 Å². The lowest BCUT2D eigenvalue weighted by Gasteiger charge is -2.16. The summed E-state index contributed by atoms with van der Waals surface area (Å²) in [5, 5.41) is 2.73. The Morgan fingerprint density at radius 3 is 2.69 bits per heavy atom. The van der Waals surface area contributed by atoms with Crippen molar-refractivity contribution in [3.05, 3.63) is 47.5 Å². The van der Waals surface area contributed by atoms with Gasteiger partial charge in [-0.15, -0.1) is 0 Å². The van der Waals surface area contributed by atoms with Gasteiger partial charge in [-0.2, -0.15) is 0 Å². The fraction of sp³-hybridized carbons (Fsp3) is 0.333. The molecule has 1 saturated carbocycles. The summed E-state index contributed by atoms with van der Waals surface area (Å²) in [6.07, 6.45) is 2.49. The molecule has 0 heterocycles. The Hall–Kier alpha value is -1.34. The van der Waals surface area contributed by atoms with Gasteiger partial charge in [0.2, 0.25) is 0 Å². The molecular formula is C15H17N. The van der Waals surface area contributed by atoms with E-state index in [0.29, 0.717) is 0 Å². The molecule has 0 unspecified atom stereocenters. The van der Waals surface area contributed by atoms with Crippen LogP contribution >= 0.6 is 0 Å². The maximum Gasteiger partial charge on any atom is 0.00823 e. The van der Waals surface area contributed by atoms with E-state index in [9.17, 15) is 0 Å². The van der Waals surface area contributed by atoms with Gasteiger partial charge in [0.05, 0.1) is 0 Å². The van der Waals surface area contributed by atoms with Gasteiger partial charge in [-0.25, -0.2) is 0 Å². The Morgan fingerprint density at radius 1 is 1.19 bits per heavy atom. The highest BCUT2D eigenvalue weighted by molar-refractivity contribution is 5.87. The monoisotopic (exact) mass is 211 g/mol. The summed E-state index contributed by atoms with van der Waals surface area (Å²) in [6, 6.07) is 13.3. The normalized spacial score (nSPS) is 17.6. The number of fused-ring (bicyclic) bond motifs is 1. The van der Waals surface area contributed by atoms with Crippen molar-refractivity contribution >= 4 is 10.8 Å². The van der Waals surface area contributed by atoms with Gasteiger partial charge in [0, 0.05) is 12.0 Å². The molecule has 82 valence electrons. The Labute approximate surface area is 96.3 Å². The van der Waals surface area contributed by atoms with E-state index in [4.69, 9.17) is 5.73 Å².